The van der Waals surface area contributed by atoms with Gasteiger partial charge in [-0.1, -0.05) is 24.3 Å². The number of fused-ring (bicyclic) bond motifs is 1. The molecule has 0 radical (unpaired) electrons. The molecule has 3 rings (SSSR count). The van der Waals surface area contributed by atoms with Gasteiger partial charge in [-0.3, -0.25) is 4.79 Å². The summed E-state index contributed by atoms with van der Waals surface area (Å²) in [5.41, 5.74) is 8.41. The lowest BCUT2D eigenvalue weighted by atomic mass is 10.1. The van der Waals surface area contributed by atoms with E-state index in [-0.39, 0.29) is 5.91 Å². The van der Waals surface area contributed by atoms with Gasteiger partial charge in [0.2, 0.25) is 0 Å². The van der Waals surface area contributed by atoms with Gasteiger partial charge < -0.3 is 15.8 Å². The largest absolute Gasteiger partial charge is 0.479 e. The third-order valence-electron chi connectivity index (χ3n) is 3.51. The smallest absolute Gasteiger partial charge is 0.265 e. The zero-order chi connectivity index (χ0) is 14.8. The van der Waals surface area contributed by atoms with Crippen LogP contribution in [0.3, 0.4) is 0 Å². The number of ether oxygens (including phenoxy) is 1. The van der Waals surface area contributed by atoms with Crippen molar-refractivity contribution < 1.29 is 9.53 Å². The second-order valence-electron chi connectivity index (χ2n) is 4.95. The lowest BCUT2D eigenvalue weighted by Crippen LogP contribution is -2.31. The third kappa shape index (κ3) is 2.88. The van der Waals surface area contributed by atoms with Crippen LogP contribution in [0.4, 0.5) is 11.4 Å². The lowest BCUT2D eigenvalue weighted by Gasteiger charge is -2.17. The number of anilines is 2. The van der Waals surface area contributed by atoms with Gasteiger partial charge in [0.1, 0.15) is 5.75 Å². The lowest BCUT2D eigenvalue weighted by molar-refractivity contribution is -0.122. The maximum absolute atomic E-state index is 12.3. The molecule has 21 heavy (non-hydrogen) atoms. The molecule has 0 aromatic heterocycles. The summed E-state index contributed by atoms with van der Waals surface area (Å²) in [6, 6.07) is 13.2. The number of benzene rings is 2. The van der Waals surface area contributed by atoms with Crippen molar-refractivity contribution in [3.8, 4) is 5.75 Å². The van der Waals surface area contributed by atoms with Crippen molar-refractivity contribution in [3.63, 3.8) is 0 Å². The monoisotopic (exact) mass is 346 g/mol. The summed E-state index contributed by atoms with van der Waals surface area (Å²) in [6.45, 7) is 0. The summed E-state index contributed by atoms with van der Waals surface area (Å²) in [5.74, 6) is 0.454. The molecule has 0 bridgehead atoms. The normalized spacial score (nSPS) is 17.6. The summed E-state index contributed by atoms with van der Waals surface area (Å²) < 4.78 is 6.53. The van der Waals surface area contributed by atoms with Crippen molar-refractivity contribution >= 4 is 33.2 Å². The van der Waals surface area contributed by atoms with Gasteiger partial charge in [-0.25, -0.2) is 0 Å². The predicted molar refractivity (Wildman–Crippen MR) is 86.4 cm³/mol. The third-order valence-corrected chi connectivity index (χ3v) is 4.35. The number of hydrogen-bond acceptors (Lipinski definition) is 3. The number of para-hydroxylation sites is 1. The van der Waals surface area contributed by atoms with Crippen LogP contribution in [0.15, 0.2) is 46.9 Å². The van der Waals surface area contributed by atoms with Crippen molar-refractivity contribution in [3.05, 3.63) is 52.5 Å². The number of amides is 1. The van der Waals surface area contributed by atoms with Crippen molar-refractivity contribution in [2.45, 2.75) is 18.9 Å². The van der Waals surface area contributed by atoms with Crippen LogP contribution in [0.25, 0.3) is 0 Å². The molecule has 1 heterocycles. The molecule has 1 amide bonds. The molecule has 1 aliphatic heterocycles. The molecule has 2 aromatic carbocycles. The zero-order valence-electron chi connectivity index (χ0n) is 11.3. The van der Waals surface area contributed by atoms with E-state index >= 15 is 0 Å². The first-order valence-corrected chi connectivity index (χ1v) is 7.54. The molecule has 1 unspecified atom stereocenters. The number of aryl methyl sites for hydroxylation is 1. The average Bonchev–Trinajstić information content (AvgIpc) is 2.63. The first kappa shape index (κ1) is 13.9. The van der Waals surface area contributed by atoms with E-state index in [2.05, 4.69) is 21.2 Å². The minimum absolute atomic E-state index is 0.130. The molecule has 0 aliphatic carbocycles. The number of nitrogens with one attached hydrogen (secondary N) is 1. The zero-order valence-corrected chi connectivity index (χ0v) is 12.9. The Labute approximate surface area is 131 Å². The first-order chi connectivity index (χ1) is 10.1. The van der Waals surface area contributed by atoms with Crippen LogP contribution in [0.2, 0.25) is 0 Å². The van der Waals surface area contributed by atoms with Gasteiger partial charge in [-0.2, -0.15) is 0 Å². The highest BCUT2D eigenvalue weighted by molar-refractivity contribution is 9.10. The van der Waals surface area contributed by atoms with Crippen molar-refractivity contribution in [1.82, 2.24) is 0 Å². The van der Waals surface area contributed by atoms with Crippen molar-refractivity contribution in [1.29, 1.82) is 0 Å². The van der Waals surface area contributed by atoms with E-state index in [1.807, 2.05) is 24.3 Å². The van der Waals surface area contributed by atoms with Gasteiger partial charge in [0, 0.05) is 11.4 Å². The van der Waals surface area contributed by atoms with E-state index < -0.39 is 6.10 Å². The van der Waals surface area contributed by atoms with Gasteiger partial charge in [0.25, 0.3) is 5.91 Å². The van der Waals surface area contributed by atoms with Gasteiger partial charge in [-0.05, 0) is 52.5 Å². The average molecular weight is 347 g/mol. The molecule has 1 atom stereocenters. The van der Waals surface area contributed by atoms with Crippen LogP contribution < -0.4 is 15.8 Å². The summed E-state index contributed by atoms with van der Waals surface area (Å²) in [6.07, 6.45) is 0.888. The van der Waals surface area contributed by atoms with Crippen LogP contribution in [0, 0.1) is 0 Å². The SMILES string of the molecule is Nc1cccc(OC2CCc3ccccc3NC2=O)c1Br. The standard InChI is InChI=1S/C16H15BrN2O2/c17-15-11(18)5-3-7-13(15)21-14-9-8-10-4-1-2-6-12(10)19-16(14)20/h1-7,14H,8-9,18H2,(H,19,20). The molecule has 108 valence electrons. The summed E-state index contributed by atoms with van der Waals surface area (Å²) in [5, 5.41) is 2.92. The van der Waals surface area contributed by atoms with Crippen molar-refractivity contribution in [2.75, 3.05) is 11.1 Å². The second-order valence-corrected chi connectivity index (χ2v) is 5.74. The Morgan fingerprint density at radius 2 is 2.00 bits per heavy atom. The van der Waals surface area contributed by atoms with Crippen LogP contribution in [0.1, 0.15) is 12.0 Å². The molecule has 0 fully saturated rings. The number of hydrogen-bond donors (Lipinski definition) is 2. The molecule has 0 saturated heterocycles. The minimum atomic E-state index is -0.532. The van der Waals surface area contributed by atoms with Gasteiger partial charge in [-0.15, -0.1) is 0 Å². The number of nitrogen functional groups attached to an aromatic ring is 1. The molecular formula is C16H15BrN2O2. The summed E-state index contributed by atoms with van der Waals surface area (Å²) in [7, 11) is 0. The van der Waals surface area contributed by atoms with E-state index in [1.54, 1.807) is 18.2 Å². The molecule has 5 heteroatoms. The van der Waals surface area contributed by atoms with Crippen molar-refractivity contribution in [2.24, 2.45) is 0 Å². The Balaban J connectivity index is 1.82. The molecule has 0 saturated carbocycles. The highest BCUT2D eigenvalue weighted by atomic mass is 79.9. The maximum Gasteiger partial charge on any atom is 0.265 e. The number of carbonyl (C=O) groups is 1. The molecule has 4 nitrogen and oxygen atoms in total. The predicted octanol–water partition coefficient (Wildman–Crippen LogP) is 3.36. The van der Waals surface area contributed by atoms with Crippen LogP contribution in [-0.4, -0.2) is 12.0 Å². The number of rotatable bonds is 2. The van der Waals surface area contributed by atoms with Gasteiger partial charge >= 0.3 is 0 Å². The number of nitrogens with two attached hydrogens (primary N) is 1. The quantitative estimate of drug-likeness (QED) is 0.819. The summed E-state index contributed by atoms with van der Waals surface area (Å²) >= 11 is 3.39. The fourth-order valence-electron chi connectivity index (χ4n) is 2.38. The Morgan fingerprint density at radius 3 is 2.86 bits per heavy atom. The molecule has 3 N–H and O–H groups in total. The molecule has 0 spiro atoms. The fraction of sp³-hybridized carbons (Fsp3) is 0.188. The van der Waals surface area contributed by atoms with Gasteiger partial charge in [0.05, 0.1) is 4.47 Å². The van der Waals surface area contributed by atoms with E-state index in [0.717, 1.165) is 17.7 Å². The Bertz CT molecular complexity index is 688. The van der Waals surface area contributed by atoms with E-state index in [9.17, 15) is 4.79 Å². The second kappa shape index (κ2) is 5.77. The Hall–Kier alpha value is -2.01. The van der Waals surface area contributed by atoms with E-state index in [0.29, 0.717) is 22.3 Å². The highest BCUT2D eigenvalue weighted by Crippen LogP contribution is 2.32. The number of carbonyl (C=O) groups excluding carboxylic acids is 1. The first-order valence-electron chi connectivity index (χ1n) is 6.74. The van der Waals surface area contributed by atoms with Crippen LogP contribution in [0.5, 0.6) is 5.75 Å². The Morgan fingerprint density at radius 1 is 1.19 bits per heavy atom. The minimum Gasteiger partial charge on any atom is -0.479 e. The molecule has 1 aliphatic rings. The Kier molecular flexibility index (Phi) is 3.84. The van der Waals surface area contributed by atoms with Gasteiger partial charge in [0.15, 0.2) is 6.10 Å². The van der Waals surface area contributed by atoms with Crippen LogP contribution in [-0.2, 0) is 11.2 Å². The number of halogens is 1. The maximum atomic E-state index is 12.3. The topological polar surface area (TPSA) is 64.3 Å². The van der Waals surface area contributed by atoms with E-state index in [4.69, 9.17) is 10.5 Å². The highest BCUT2D eigenvalue weighted by Gasteiger charge is 2.25. The fourth-order valence-corrected chi connectivity index (χ4v) is 2.73. The molecular weight excluding hydrogens is 332 g/mol. The van der Waals surface area contributed by atoms with E-state index in [1.165, 1.54) is 0 Å². The van der Waals surface area contributed by atoms with Crippen LogP contribution >= 0.6 is 15.9 Å². The molecule has 2 aromatic rings. The summed E-state index contributed by atoms with van der Waals surface area (Å²) in [4.78, 5) is 12.3.